The maximum atomic E-state index is 13.1. The van der Waals surface area contributed by atoms with Crippen molar-refractivity contribution in [2.24, 2.45) is 0 Å². The number of allylic oxidation sites excluding steroid dienone is 1. The molecular weight excluding hydrogens is 442 g/mol. The summed E-state index contributed by atoms with van der Waals surface area (Å²) < 4.78 is 2.07. The van der Waals surface area contributed by atoms with E-state index in [0.717, 1.165) is 28.0 Å². The number of para-hydroxylation sites is 2. The van der Waals surface area contributed by atoms with Crippen LogP contribution in [0.5, 0.6) is 0 Å². The van der Waals surface area contributed by atoms with Crippen molar-refractivity contribution in [3.63, 3.8) is 0 Å². The average molecular weight is 470 g/mol. The molecule has 0 aliphatic carbocycles. The first-order valence-electron chi connectivity index (χ1n) is 11.2. The molecule has 2 aromatic heterocycles. The van der Waals surface area contributed by atoms with Gasteiger partial charge in [-0.1, -0.05) is 36.4 Å². The van der Waals surface area contributed by atoms with Crippen LogP contribution in [0.15, 0.2) is 94.9 Å². The fourth-order valence-electron chi connectivity index (χ4n) is 4.00. The second-order valence-electron chi connectivity index (χ2n) is 8.06. The molecule has 4 rings (SSSR count). The zero-order valence-corrected chi connectivity index (χ0v) is 20.1. The van der Waals surface area contributed by atoms with Gasteiger partial charge in [0.2, 0.25) is 0 Å². The van der Waals surface area contributed by atoms with Gasteiger partial charge < -0.3 is 5.32 Å². The number of pyridine rings is 2. The summed E-state index contributed by atoms with van der Waals surface area (Å²) in [5.74, 6) is 0.826. The van der Waals surface area contributed by atoms with Crippen LogP contribution in [0.1, 0.15) is 25.3 Å². The number of ketones is 1. The first-order chi connectivity index (χ1) is 16.6. The number of fused-ring (bicyclic) bond motifs is 1. The van der Waals surface area contributed by atoms with Crippen LogP contribution in [-0.4, -0.2) is 21.6 Å². The Morgan fingerprint density at radius 2 is 1.76 bits per heavy atom. The van der Waals surface area contributed by atoms with Gasteiger partial charge in [0.25, 0.3) is 0 Å². The number of nitrogens with one attached hydrogen (secondary N) is 1. The van der Waals surface area contributed by atoms with Crippen LogP contribution in [-0.2, 0) is 11.2 Å². The smallest absolute Gasteiger partial charge is 0.193 e. The van der Waals surface area contributed by atoms with E-state index in [4.69, 9.17) is 0 Å². The van der Waals surface area contributed by atoms with Gasteiger partial charge in [-0.05, 0) is 66.8 Å². The van der Waals surface area contributed by atoms with Crippen LogP contribution in [0.25, 0.3) is 16.6 Å². The maximum absolute atomic E-state index is 13.1. The Bertz CT molecular complexity index is 1380. The number of anilines is 2. The van der Waals surface area contributed by atoms with Gasteiger partial charge in [0.15, 0.2) is 11.2 Å². The molecule has 0 saturated heterocycles. The molecule has 6 heteroatoms. The van der Waals surface area contributed by atoms with E-state index in [-0.39, 0.29) is 11.2 Å². The standard InChI is InChI=1S/C28H27N3O2S/c1-20(19-34-2)25(32)15-9-10-21-17-29-18-24-26(33)16-27(30-22-11-5-3-6-12-22)31(28(21)24)23-13-7-4-8-14-23/h3-8,11-14,16-19,30H,9-10,15H2,1-2H3/b20-19+. The minimum absolute atomic E-state index is 0.0928. The van der Waals surface area contributed by atoms with Gasteiger partial charge in [-0.3, -0.25) is 19.1 Å². The summed E-state index contributed by atoms with van der Waals surface area (Å²) in [5, 5.41) is 5.86. The van der Waals surface area contributed by atoms with Gasteiger partial charge in [0.05, 0.1) is 10.9 Å². The van der Waals surface area contributed by atoms with Gasteiger partial charge in [-0.25, -0.2) is 0 Å². The third kappa shape index (κ3) is 5.29. The molecule has 2 heterocycles. The molecule has 0 spiro atoms. The number of hydrogen-bond donors (Lipinski definition) is 1. The maximum Gasteiger partial charge on any atom is 0.193 e. The highest BCUT2D eigenvalue weighted by molar-refractivity contribution is 8.01. The molecule has 0 bridgehead atoms. The molecule has 4 aromatic rings. The fraction of sp³-hybridized carbons (Fsp3) is 0.179. The summed E-state index contributed by atoms with van der Waals surface area (Å²) >= 11 is 1.54. The summed E-state index contributed by atoms with van der Waals surface area (Å²) in [6.07, 6.45) is 7.16. The largest absolute Gasteiger partial charge is 0.341 e. The molecule has 0 aliphatic rings. The van der Waals surface area contributed by atoms with E-state index in [0.29, 0.717) is 30.5 Å². The number of rotatable bonds is 9. The quantitative estimate of drug-likeness (QED) is 0.292. The zero-order chi connectivity index (χ0) is 23.9. The van der Waals surface area contributed by atoms with E-state index in [2.05, 4.69) is 14.9 Å². The van der Waals surface area contributed by atoms with Crippen LogP contribution in [0, 0.1) is 0 Å². The lowest BCUT2D eigenvalue weighted by Gasteiger charge is -2.20. The fourth-order valence-corrected chi connectivity index (χ4v) is 4.48. The summed E-state index contributed by atoms with van der Waals surface area (Å²) in [7, 11) is 0. The van der Waals surface area contributed by atoms with Gasteiger partial charge in [-0.15, -0.1) is 11.8 Å². The third-order valence-electron chi connectivity index (χ3n) is 5.64. The van der Waals surface area contributed by atoms with Gasteiger partial charge >= 0.3 is 0 Å². The lowest BCUT2D eigenvalue weighted by atomic mass is 10.0. The first kappa shape index (κ1) is 23.5. The monoisotopic (exact) mass is 469 g/mol. The number of thioether (sulfide) groups is 1. The van der Waals surface area contributed by atoms with E-state index < -0.39 is 0 Å². The molecular formula is C28H27N3O2S. The Labute approximate surface area is 203 Å². The van der Waals surface area contributed by atoms with Crippen LogP contribution >= 0.6 is 11.8 Å². The van der Waals surface area contributed by atoms with Crippen molar-refractivity contribution in [3.05, 3.63) is 106 Å². The Morgan fingerprint density at radius 3 is 2.47 bits per heavy atom. The number of Topliss-reactive ketones (excluding diaryl/α,β-unsaturated/α-hetero) is 1. The molecule has 5 nitrogen and oxygen atoms in total. The normalized spacial score (nSPS) is 11.5. The second kappa shape index (κ2) is 11.0. The van der Waals surface area contributed by atoms with Crippen LogP contribution in [0.3, 0.4) is 0 Å². The molecule has 0 amide bonds. The summed E-state index contributed by atoms with van der Waals surface area (Å²) in [6.45, 7) is 1.85. The molecule has 0 unspecified atom stereocenters. The molecule has 0 atom stereocenters. The average Bonchev–Trinajstić information content (AvgIpc) is 2.86. The van der Waals surface area contributed by atoms with Crippen LogP contribution < -0.4 is 10.7 Å². The number of nitrogens with zero attached hydrogens (tertiary/aromatic N) is 2. The number of aromatic nitrogens is 2. The number of aryl methyl sites for hydroxylation is 1. The number of carbonyl (C=O) groups excluding carboxylic acids is 1. The van der Waals surface area contributed by atoms with Gasteiger partial charge in [0, 0.05) is 36.3 Å². The molecule has 0 aliphatic heterocycles. The highest BCUT2D eigenvalue weighted by Crippen LogP contribution is 2.27. The predicted molar refractivity (Wildman–Crippen MR) is 142 cm³/mol. The molecule has 2 aromatic carbocycles. The van der Waals surface area contributed by atoms with Crippen molar-refractivity contribution >= 4 is 40.0 Å². The molecule has 1 N–H and O–H groups in total. The lowest BCUT2D eigenvalue weighted by molar-refractivity contribution is -0.115. The number of hydrogen-bond acceptors (Lipinski definition) is 5. The molecule has 0 fully saturated rings. The van der Waals surface area contributed by atoms with E-state index in [1.807, 2.05) is 85.4 Å². The SMILES string of the molecule is CS/C=C(\C)C(=O)CCCc1cncc2c(=O)cc(Nc3ccccc3)n(-c3ccccc3)c12. The van der Waals surface area contributed by atoms with Gasteiger partial charge in [-0.2, -0.15) is 0 Å². The molecule has 172 valence electrons. The lowest BCUT2D eigenvalue weighted by Crippen LogP contribution is -2.14. The van der Waals surface area contributed by atoms with Crippen molar-refractivity contribution in [1.29, 1.82) is 0 Å². The van der Waals surface area contributed by atoms with Crippen LogP contribution in [0.4, 0.5) is 11.5 Å². The topological polar surface area (TPSA) is 64.0 Å². The number of benzene rings is 2. The predicted octanol–water partition coefficient (Wildman–Crippen LogP) is 6.29. The van der Waals surface area contributed by atoms with Crippen molar-refractivity contribution < 1.29 is 4.79 Å². The van der Waals surface area contributed by atoms with Crippen molar-refractivity contribution in [3.8, 4) is 5.69 Å². The molecule has 34 heavy (non-hydrogen) atoms. The Kier molecular flexibility index (Phi) is 7.60. The Morgan fingerprint density at radius 1 is 1.06 bits per heavy atom. The Balaban J connectivity index is 1.80. The van der Waals surface area contributed by atoms with Gasteiger partial charge in [0.1, 0.15) is 5.82 Å². The Hall–Kier alpha value is -3.64. The van der Waals surface area contributed by atoms with E-state index in [9.17, 15) is 9.59 Å². The highest BCUT2D eigenvalue weighted by atomic mass is 32.2. The minimum Gasteiger partial charge on any atom is -0.341 e. The minimum atomic E-state index is -0.0928. The summed E-state index contributed by atoms with van der Waals surface area (Å²) in [4.78, 5) is 29.9. The van der Waals surface area contributed by atoms with Crippen molar-refractivity contribution in [2.75, 3.05) is 11.6 Å². The second-order valence-corrected chi connectivity index (χ2v) is 8.77. The van der Waals surface area contributed by atoms with E-state index in [1.54, 1.807) is 12.3 Å². The molecule has 0 saturated carbocycles. The van der Waals surface area contributed by atoms with Crippen molar-refractivity contribution in [1.82, 2.24) is 9.55 Å². The zero-order valence-electron chi connectivity index (χ0n) is 19.3. The third-order valence-corrected chi connectivity index (χ3v) is 6.23. The van der Waals surface area contributed by atoms with E-state index >= 15 is 0 Å². The van der Waals surface area contributed by atoms with Crippen LogP contribution in [0.2, 0.25) is 0 Å². The van der Waals surface area contributed by atoms with Crippen molar-refractivity contribution in [2.45, 2.75) is 26.2 Å². The summed E-state index contributed by atoms with van der Waals surface area (Å²) in [5.41, 5.74) is 4.27. The highest BCUT2D eigenvalue weighted by Gasteiger charge is 2.16. The summed E-state index contributed by atoms with van der Waals surface area (Å²) in [6, 6.07) is 21.4. The first-order valence-corrected chi connectivity index (χ1v) is 12.5. The van der Waals surface area contributed by atoms with E-state index in [1.165, 1.54) is 11.8 Å². The molecule has 0 radical (unpaired) electrons. The number of carbonyl (C=O) groups is 1.